The molecule has 5 fully saturated rings. The van der Waals surface area contributed by atoms with E-state index >= 15 is 0 Å². The lowest BCUT2D eigenvalue weighted by Gasteiger charge is -2.74. The van der Waals surface area contributed by atoms with Gasteiger partial charge in [-0.25, -0.2) is 0 Å². The van der Waals surface area contributed by atoms with E-state index in [1.807, 2.05) is 0 Å². The Balaban J connectivity index is 1.53. The molecule has 0 unspecified atom stereocenters. The minimum atomic E-state index is -0.349. The number of hydrogen-bond donors (Lipinski definition) is 1. The van der Waals surface area contributed by atoms with Gasteiger partial charge in [-0.05, 0) is 24.0 Å². The maximum atomic E-state index is 12.0. The fourth-order valence-electron chi connectivity index (χ4n) is 7.21. The molecule has 1 aliphatic carbocycles. The standard InChI is InChI=1S/C25H30N2O/c28-22-23(20-10-4-1-5-11-20)16-26-18-24(22,21-12-6-2-7-13-21)19-27(17-23)25(26)14-8-3-9-15-25/h1-2,4-7,10-13,22,28H,3,8-9,14-19H2. The quantitative estimate of drug-likeness (QED) is 0.871. The highest BCUT2D eigenvalue weighted by Gasteiger charge is 2.69. The number of benzene rings is 2. The number of hydrogen-bond acceptors (Lipinski definition) is 3. The first-order valence-corrected chi connectivity index (χ1v) is 11.0. The van der Waals surface area contributed by atoms with Crippen molar-refractivity contribution >= 4 is 0 Å². The van der Waals surface area contributed by atoms with E-state index in [1.54, 1.807) is 0 Å². The smallest absolute Gasteiger partial charge is 0.0782 e. The third-order valence-corrected chi connectivity index (χ3v) is 8.47. The lowest BCUT2D eigenvalue weighted by molar-refractivity contribution is -0.257. The summed E-state index contributed by atoms with van der Waals surface area (Å²) in [5, 5.41) is 12.0. The zero-order valence-corrected chi connectivity index (χ0v) is 16.6. The third-order valence-electron chi connectivity index (χ3n) is 8.47. The molecule has 4 saturated heterocycles. The molecule has 4 aliphatic heterocycles. The van der Waals surface area contributed by atoms with Crippen molar-refractivity contribution in [1.29, 1.82) is 0 Å². The van der Waals surface area contributed by atoms with Gasteiger partial charge in [0.05, 0.1) is 11.8 Å². The number of aliphatic hydroxyl groups is 1. The zero-order chi connectivity index (χ0) is 18.8. The van der Waals surface area contributed by atoms with Gasteiger partial charge >= 0.3 is 0 Å². The van der Waals surface area contributed by atoms with Gasteiger partial charge in [0.2, 0.25) is 0 Å². The van der Waals surface area contributed by atoms with Gasteiger partial charge in [-0.15, -0.1) is 0 Å². The van der Waals surface area contributed by atoms with Crippen molar-refractivity contribution in [2.45, 2.75) is 54.7 Å². The molecule has 2 aromatic carbocycles. The van der Waals surface area contributed by atoms with Crippen LogP contribution in [0.1, 0.15) is 43.2 Å². The molecule has 1 saturated carbocycles. The van der Waals surface area contributed by atoms with E-state index in [0.717, 1.165) is 26.2 Å². The molecule has 1 N–H and O–H groups in total. The first-order chi connectivity index (χ1) is 13.7. The van der Waals surface area contributed by atoms with Crippen molar-refractivity contribution in [1.82, 2.24) is 9.80 Å². The predicted molar refractivity (Wildman–Crippen MR) is 111 cm³/mol. The molecule has 28 heavy (non-hydrogen) atoms. The highest BCUT2D eigenvalue weighted by Crippen LogP contribution is 2.58. The Hall–Kier alpha value is -1.68. The topological polar surface area (TPSA) is 26.7 Å². The van der Waals surface area contributed by atoms with Gasteiger partial charge in [0.15, 0.2) is 0 Å². The molecule has 7 rings (SSSR count). The van der Waals surface area contributed by atoms with E-state index in [-0.39, 0.29) is 22.6 Å². The van der Waals surface area contributed by atoms with Crippen LogP contribution in [-0.4, -0.2) is 52.9 Å². The van der Waals surface area contributed by atoms with Gasteiger partial charge in [-0.2, -0.15) is 0 Å². The van der Waals surface area contributed by atoms with Crippen LogP contribution < -0.4 is 0 Å². The number of piperidine rings is 2. The SMILES string of the molecule is OC1C2(c3ccccc3)CN3CC1(c1ccccc1)CN(C2)C31CCCCC1. The van der Waals surface area contributed by atoms with Crippen LogP contribution in [0.4, 0.5) is 0 Å². The van der Waals surface area contributed by atoms with E-state index in [1.165, 1.54) is 43.2 Å². The Bertz CT molecular complexity index is 781. The molecule has 0 aromatic heterocycles. The lowest BCUT2D eigenvalue weighted by atomic mass is 9.53. The molecule has 4 bridgehead atoms. The Labute approximate surface area is 168 Å². The summed E-state index contributed by atoms with van der Waals surface area (Å²) in [6.07, 6.45) is 6.29. The van der Waals surface area contributed by atoms with Gasteiger partial charge in [-0.3, -0.25) is 9.80 Å². The predicted octanol–water partition coefficient (Wildman–Crippen LogP) is 3.53. The molecule has 3 nitrogen and oxygen atoms in total. The highest BCUT2D eigenvalue weighted by molar-refractivity contribution is 5.43. The molecule has 146 valence electrons. The van der Waals surface area contributed by atoms with Gasteiger partial charge in [0.1, 0.15) is 0 Å². The first kappa shape index (κ1) is 17.2. The summed E-state index contributed by atoms with van der Waals surface area (Å²) in [7, 11) is 0. The van der Waals surface area contributed by atoms with Crippen molar-refractivity contribution in [3.8, 4) is 0 Å². The van der Waals surface area contributed by atoms with Crippen molar-refractivity contribution in [2.24, 2.45) is 0 Å². The second-order valence-electron chi connectivity index (χ2n) is 9.70. The first-order valence-electron chi connectivity index (χ1n) is 11.0. The van der Waals surface area contributed by atoms with Crippen molar-refractivity contribution in [3.63, 3.8) is 0 Å². The summed E-state index contributed by atoms with van der Waals surface area (Å²) in [5.74, 6) is 0. The number of nitrogens with zero attached hydrogens (tertiary/aromatic N) is 2. The molecule has 1 spiro atoms. The summed E-state index contributed by atoms with van der Waals surface area (Å²) in [6.45, 7) is 3.96. The number of rotatable bonds is 2. The van der Waals surface area contributed by atoms with E-state index in [4.69, 9.17) is 0 Å². The average molecular weight is 375 g/mol. The average Bonchev–Trinajstić information content (AvgIpc) is 2.75. The summed E-state index contributed by atoms with van der Waals surface area (Å²) in [6, 6.07) is 21.7. The van der Waals surface area contributed by atoms with Crippen LogP contribution in [-0.2, 0) is 10.8 Å². The fraction of sp³-hybridized carbons (Fsp3) is 0.520. The second kappa shape index (κ2) is 5.91. The molecule has 0 atom stereocenters. The highest BCUT2D eigenvalue weighted by atomic mass is 16.3. The van der Waals surface area contributed by atoms with Crippen LogP contribution in [0.25, 0.3) is 0 Å². The summed E-state index contributed by atoms with van der Waals surface area (Å²) in [5.41, 5.74) is 2.45. The molecule has 2 aromatic rings. The van der Waals surface area contributed by atoms with Crippen LogP contribution in [0.3, 0.4) is 0 Å². The third kappa shape index (κ3) is 2.05. The molecule has 5 aliphatic rings. The molecule has 0 amide bonds. The maximum Gasteiger partial charge on any atom is 0.0782 e. The zero-order valence-electron chi connectivity index (χ0n) is 16.6. The van der Waals surface area contributed by atoms with Gasteiger partial charge < -0.3 is 5.11 Å². The van der Waals surface area contributed by atoms with Crippen molar-refractivity contribution in [2.75, 3.05) is 26.2 Å². The molecule has 0 radical (unpaired) electrons. The van der Waals surface area contributed by atoms with Crippen molar-refractivity contribution in [3.05, 3.63) is 71.8 Å². The van der Waals surface area contributed by atoms with Gasteiger partial charge in [-0.1, -0.05) is 79.9 Å². The van der Waals surface area contributed by atoms with Crippen molar-refractivity contribution < 1.29 is 5.11 Å². The van der Waals surface area contributed by atoms with E-state index < -0.39 is 0 Å². The minimum Gasteiger partial charge on any atom is -0.391 e. The minimum absolute atomic E-state index is 0.198. The summed E-state index contributed by atoms with van der Waals surface area (Å²) >= 11 is 0. The Morgan fingerprint density at radius 2 is 1.07 bits per heavy atom. The van der Waals surface area contributed by atoms with Crippen LogP contribution >= 0.6 is 0 Å². The van der Waals surface area contributed by atoms with E-state index in [0.29, 0.717) is 0 Å². The number of aliphatic hydroxyl groups excluding tert-OH is 1. The molecular formula is C25H30N2O. The molecular weight excluding hydrogens is 344 g/mol. The normalized spacial score (nSPS) is 40.7. The molecule has 3 heteroatoms. The molecule has 4 heterocycles. The van der Waals surface area contributed by atoms with Crippen LogP contribution in [0.5, 0.6) is 0 Å². The largest absolute Gasteiger partial charge is 0.391 e. The Kier molecular flexibility index (Phi) is 3.63. The summed E-state index contributed by atoms with van der Waals surface area (Å²) in [4.78, 5) is 5.57. The van der Waals surface area contributed by atoms with Crippen LogP contribution in [0.2, 0.25) is 0 Å². The van der Waals surface area contributed by atoms with Gasteiger partial charge in [0.25, 0.3) is 0 Å². The van der Waals surface area contributed by atoms with Crippen LogP contribution in [0.15, 0.2) is 60.7 Å². The monoisotopic (exact) mass is 374 g/mol. The lowest BCUT2D eigenvalue weighted by Crippen LogP contribution is -2.87. The van der Waals surface area contributed by atoms with Crippen LogP contribution in [0, 0.1) is 0 Å². The second-order valence-corrected chi connectivity index (χ2v) is 9.70. The van der Waals surface area contributed by atoms with E-state index in [9.17, 15) is 5.11 Å². The maximum absolute atomic E-state index is 12.0. The van der Waals surface area contributed by atoms with E-state index in [2.05, 4.69) is 70.5 Å². The Morgan fingerprint density at radius 1 is 0.643 bits per heavy atom. The Morgan fingerprint density at radius 3 is 1.50 bits per heavy atom. The van der Waals surface area contributed by atoms with Gasteiger partial charge in [0, 0.05) is 37.0 Å². The summed E-state index contributed by atoms with van der Waals surface area (Å²) < 4.78 is 0. The fourth-order valence-corrected chi connectivity index (χ4v) is 7.21.